The average Bonchev–Trinajstić information content (AvgIpc) is 3.16. The minimum atomic E-state index is -1.82. The molecule has 3 saturated heterocycles. The number of aliphatic imine (C=N–C) groups is 1. The second-order valence-corrected chi connectivity index (χ2v) is 16.6. The molecule has 314 valence electrons. The fourth-order valence-electron chi connectivity index (χ4n) is 8.55. The second-order valence-electron chi connectivity index (χ2n) is 16.6. The summed E-state index contributed by atoms with van der Waals surface area (Å²) in [6.45, 7) is 15.2. The molecule has 0 aromatic heterocycles. The van der Waals surface area contributed by atoms with E-state index in [-0.39, 0.29) is 44.8 Å². The lowest BCUT2D eigenvalue weighted by Gasteiger charge is -2.47. The summed E-state index contributed by atoms with van der Waals surface area (Å²) >= 11 is 0. The molecule has 14 heteroatoms. The Morgan fingerprint density at radius 3 is 2.34 bits per heavy atom. The number of fused-ring (bicyclic) bond motifs is 5. The average molecular weight is 788 g/mol. The third-order valence-corrected chi connectivity index (χ3v) is 11.6. The molecule has 3 fully saturated rings. The van der Waals surface area contributed by atoms with Crippen molar-refractivity contribution < 1.29 is 53.1 Å². The predicted octanol–water partition coefficient (Wildman–Crippen LogP) is 4.16. The molecular formula is C42H65N3O11. The van der Waals surface area contributed by atoms with Crippen LogP contribution >= 0.6 is 0 Å². The number of ketones is 1. The number of ether oxygens (including phenoxy) is 5. The van der Waals surface area contributed by atoms with E-state index in [1.165, 1.54) is 20.8 Å². The molecule has 1 aromatic rings. The Bertz CT molecular complexity index is 1550. The van der Waals surface area contributed by atoms with Crippen molar-refractivity contribution in [3.05, 3.63) is 35.9 Å². The fraction of sp³-hybridized carbons (Fsp3) is 0.738. The Labute approximate surface area is 332 Å². The summed E-state index contributed by atoms with van der Waals surface area (Å²) in [7, 11) is 3.74. The molecule has 56 heavy (non-hydrogen) atoms. The van der Waals surface area contributed by atoms with Gasteiger partial charge >= 0.3 is 5.97 Å². The zero-order valence-electron chi connectivity index (χ0n) is 35.1. The smallest absolute Gasteiger partial charge is 0.316 e. The van der Waals surface area contributed by atoms with Gasteiger partial charge in [0.2, 0.25) is 5.91 Å². The molecule has 0 aliphatic carbocycles. The molecule has 14 nitrogen and oxygen atoms in total. The zero-order chi connectivity index (χ0) is 41.5. The van der Waals surface area contributed by atoms with Gasteiger partial charge in [-0.3, -0.25) is 14.4 Å². The summed E-state index contributed by atoms with van der Waals surface area (Å²) in [5.41, 5.74) is -1.34. The quantitative estimate of drug-likeness (QED) is 0.167. The van der Waals surface area contributed by atoms with E-state index < -0.39 is 83.2 Å². The minimum absolute atomic E-state index is 0.134. The van der Waals surface area contributed by atoms with Crippen LogP contribution in [0.5, 0.6) is 0 Å². The molecule has 2 bridgehead atoms. The number of hydrogen-bond donors (Lipinski definition) is 2. The number of Topliss-reactive ketones (excluding diaryl/α,β-unsaturated/α-hetero) is 1. The molecule has 0 radical (unpaired) electrons. The number of benzene rings is 1. The lowest BCUT2D eigenvalue weighted by atomic mass is 9.73. The number of aliphatic hydroxyl groups is 2. The van der Waals surface area contributed by atoms with Gasteiger partial charge in [0.25, 0.3) is 0 Å². The van der Waals surface area contributed by atoms with Gasteiger partial charge in [0.1, 0.15) is 36.0 Å². The van der Waals surface area contributed by atoms with Gasteiger partial charge in [-0.1, -0.05) is 63.2 Å². The number of oxime groups is 1. The van der Waals surface area contributed by atoms with Crippen LogP contribution in [-0.2, 0) is 49.3 Å². The highest BCUT2D eigenvalue weighted by molar-refractivity contribution is 6.00. The molecule has 2 N–H and O–H groups in total. The van der Waals surface area contributed by atoms with Gasteiger partial charge in [0.05, 0.1) is 37.1 Å². The first-order valence-corrected chi connectivity index (χ1v) is 20.0. The first-order valence-electron chi connectivity index (χ1n) is 20.0. The van der Waals surface area contributed by atoms with Gasteiger partial charge in [0, 0.05) is 36.9 Å². The Hall–Kier alpha value is -3.11. The maximum Gasteiger partial charge on any atom is 0.316 e. The van der Waals surface area contributed by atoms with Gasteiger partial charge < -0.3 is 43.6 Å². The number of carbonyl (C=O) groups excluding carboxylic acids is 3. The Morgan fingerprint density at radius 2 is 1.71 bits per heavy atom. The lowest BCUT2D eigenvalue weighted by molar-refractivity contribution is -0.296. The number of esters is 1. The maximum atomic E-state index is 14.4. The van der Waals surface area contributed by atoms with Gasteiger partial charge in [-0.25, -0.2) is 4.99 Å². The van der Waals surface area contributed by atoms with E-state index in [4.69, 9.17) is 28.5 Å². The number of nitrogens with zero attached hydrogens (tertiary/aromatic N) is 3. The van der Waals surface area contributed by atoms with Crippen LogP contribution in [0.1, 0.15) is 87.1 Å². The van der Waals surface area contributed by atoms with E-state index in [0.717, 1.165) is 5.56 Å². The van der Waals surface area contributed by atoms with Crippen molar-refractivity contribution in [2.75, 3.05) is 33.9 Å². The Kier molecular flexibility index (Phi) is 15.9. The van der Waals surface area contributed by atoms with Crippen LogP contribution in [0.15, 0.2) is 40.5 Å². The molecule has 3 aliphatic rings. The minimum Gasteiger partial charge on any atom is -0.459 e. The van der Waals surface area contributed by atoms with Crippen molar-refractivity contribution in [3.8, 4) is 0 Å². The number of carbonyl (C=O) groups is 3. The highest BCUT2D eigenvalue weighted by atomic mass is 16.7. The number of hydrogen-bond acceptors (Lipinski definition) is 13. The van der Waals surface area contributed by atoms with E-state index in [1.54, 1.807) is 20.8 Å². The molecule has 13 atom stereocenters. The third kappa shape index (κ3) is 10.9. The van der Waals surface area contributed by atoms with E-state index in [1.807, 2.05) is 70.1 Å². The standard InChI is InChI=1S/C42H65N3O11/c1-12-33-42(9,50)38-26(4)34(43-29(7)46)24(2)21-41(8,52-23-31(22-51-38)44-53-19-18-30-16-14-13-15-17-30)37(27(5)35(47)28(6)39(49)55-33)56-40-36(48)32(45(10)11)20-25(3)54-40/h13-17,24-28,32-33,36-38,40,48,50H,12,18-23H2,1-11H3/b43-34?,44-31+/t24-,25-,26+,27+,28-,32+,33-,36-,37-,38+,40+,41-,42-/m1/s1. The van der Waals surface area contributed by atoms with Crippen LogP contribution in [0.4, 0.5) is 0 Å². The van der Waals surface area contributed by atoms with Crippen LogP contribution in [0, 0.1) is 23.7 Å². The van der Waals surface area contributed by atoms with Crippen LogP contribution in [0.2, 0.25) is 0 Å². The van der Waals surface area contributed by atoms with Gasteiger partial charge in [-0.05, 0) is 72.5 Å². The highest BCUT2D eigenvalue weighted by Crippen LogP contribution is 2.40. The lowest BCUT2D eigenvalue weighted by Crippen LogP contribution is -2.60. The first kappa shape index (κ1) is 45.6. The molecule has 0 saturated carbocycles. The molecule has 0 spiro atoms. The summed E-state index contributed by atoms with van der Waals surface area (Å²) in [4.78, 5) is 53.3. The molecule has 3 aliphatic heterocycles. The van der Waals surface area contributed by atoms with Gasteiger partial charge in [-0.15, -0.1) is 0 Å². The van der Waals surface area contributed by atoms with Crippen molar-refractivity contribution in [1.82, 2.24) is 4.90 Å². The molecule has 1 aromatic carbocycles. The zero-order valence-corrected chi connectivity index (χ0v) is 35.1. The summed E-state index contributed by atoms with van der Waals surface area (Å²) in [6.07, 6.45) is -4.33. The van der Waals surface area contributed by atoms with E-state index in [0.29, 0.717) is 24.3 Å². The summed E-state index contributed by atoms with van der Waals surface area (Å²) in [5, 5.41) is 28.4. The summed E-state index contributed by atoms with van der Waals surface area (Å²) in [6, 6.07) is 9.53. The number of amides is 1. The van der Waals surface area contributed by atoms with Crippen LogP contribution in [0.25, 0.3) is 0 Å². The van der Waals surface area contributed by atoms with Crippen molar-refractivity contribution in [2.24, 2.45) is 33.8 Å². The SMILES string of the molecule is CC[C@H]1OC(=O)[C@H](C)C(=O)[C@H](C)[C@@H](O[C@@H]2O[C@H](C)C[C@H](N(C)C)[C@H]2O)[C@@]2(C)C[C@@H](C)C(=NC(C)=O)[C@H](C)[C@H](OC/C(=N\OCCc3ccccc3)CO2)[C@]1(C)O. The molecule has 0 unspecified atom stereocenters. The number of rotatable bonds is 8. The Balaban J connectivity index is 1.91. The van der Waals surface area contributed by atoms with Gasteiger partial charge in [-0.2, -0.15) is 0 Å². The van der Waals surface area contributed by atoms with Crippen molar-refractivity contribution in [2.45, 2.75) is 142 Å². The number of aliphatic hydroxyl groups excluding tert-OH is 1. The molecule has 4 rings (SSSR count). The van der Waals surface area contributed by atoms with E-state index in [9.17, 15) is 24.6 Å². The molecule has 3 heterocycles. The van der Waals surface area contributed by atoms with E-state index >= 15 is 0 Å². The van der Waals surface area contributed by atoms with Gasteiger partial charge in [0.15, 0.2) is 12.1 Å². The monoisotopic (exact) mass is 787 g/mol. The van der Waals surface area contributed by atoms with Crippen LogP contribution in [-0.4, -0.2) is 132 Å². The normalized spacial score (nSPS) is 39.4. The van der Waals surface area contributed by atoms with E-state index in [2.05, 4.69) is 10.1 Å². The molecular weight excluding hydrogens is 722 g/mol. The number of cyclic esters (lactones) is 1. The maximum absolute atomic E-state index is 14.4. The topological polar surface area (TPSA) is 175 Å². The van der Waals surface area contributed by atoms with Crippen molar-refractivity contribution >= 4 is 29.1 Å². The second kappa shape index (κ2) is 19.6. The summed E-state index contributed by atoms with van der Waals surface area (Å²) in [5.74, 6) is -5.19. The highest BCUT2D eigenvalue weighted by Gasteiger charge is 2.53. The van der Waals surface area contributed by atoms with Crippen LogP contribution < -0.4 is 0 Å². The third-order valence-electron chi connectivity index (χ3n) is 11.6. The number of likely N-dealkylation sites (N-methyl/N-ethyl adjacent to an activating group) is 1. The first-order chi connectivity index (χ1) is 26.3. The van der Waals surface area contributed by atoms with Crippen molar-refractivity contribution in [1.29, 1.82) is 0 Å². The van der Waals surface area contributed by atoms with Crippen LogP contribution in [0.3, 0.4) is 0 Å². The largest absolute Gasteiger partial charge is 0.459 e. The van der Waals surface area contributed by atoms with Crippen molar-refractivity contribution in [3.63, 3.8) is 0 Å². The Morgan fingerprint density at radius 1 is 1.04 bits per heavy atom. The summed E-state index contributed by atoms with van der Waals surface area (Å²) < 4.78 is 32.4. The molecule has 1 amide bonds. The predicted molar refractivity (Wildman–Crippen MR) is 210 cm³/mol. The fourth-order valence-corrected chi connectivity index (χ4v) is 8.55.